The zero-order chi connectivity index (χ0) is 17.8. The van der Waals surface area contributed by atoms with Gasteiger partial charge in [0, 0.05) is 17.5 Å². The Morgan fingerprint density at radius 2 is 2.16 bits per heavy atom. The summed E-state index contributed by atoms with van der Waals surface area (Å²) in [5, 5.41) is 10.2. The molecule has 0 saturated carbocycles. The van der Waals surface area contributed by atoms with E-state index >= 15 is 4.39 Å². The maximum absolute atomic E-state index is 15.2. The van der Waals surface area contributed by atoms with Crippen molar-refractivity contribution >= 4 is 45.5 Å². The lowest BCUT2D eigenvalue weighted by atomic mass is 9.99. The van der Waals surface area contributed by atoms with E-state index in [0.717, 1.165) is 25.9 Å². The van der Waals surface area contributed by atoms with Crippen LogP contribution >= 0.6 is 22.6 Å². The molecule has 25 heavy (non-hydrogen) atoms. The highest BCUT2D eigenvalue weighted by molar-refractivity contribution is 14.1. The molecule has 3 N–H and O–H groups in total. The molecule has 0 aliphatic carbocycles. The molecule has 2 aliphatic rings. The molecule has 0 amide bonds. The van der Waals surface area contributed by atoms with E-state index < -0.39 is 24.1 Å². The number of hydrogen-bond donors (Lipinski definition) is 2. The largest absolute Gasteiger partial charge is 0.387 e. The lowest BCUT2D eigenvalue weighted by Crippen LogP contribution is -2.40. The molecule has 10 heteroatoms. The second kappa shape index (κ2) is 6.16. The number of imidazole rings is 1. The maximum atomic E-state index is 15.2. The summed E-state index contributed by atoms with van der Waals surface area (Å²) in [6, 6.07) is 0. The number of hydrogen-bond acceptors (Lipinski definition) is 7. The number of nitrogens with two attached hydrogens (primary N) is 1. The molecular formula is C15H20FIN6O2. The van der Waals surface area contributed by atoms with Crippen molar-refractivity contribution in [1.82, 2.24) is 19.5 Å². The molecule has 136 valence electrons. The van der Waals surface area contributed by atoms with E-state index in [0.29, 0.717) is 21.4 Å². The van der Waals surface area contributed by atoms with E-state index in [2.05, 4.69) is 42.4 Å². The van der Waals surface area contributed by atoms with Gasteiger partial charge in [-0.2, -0.15) is 9.97 Å². The van der Waals surface area contributed by atoms with Gasteiger partial charge in [-0.3, -0.25) is 4.57 Å². The Morgan fingerprint density at radius 1 is 1.44 bits per heavy atom. The summed E-state index contributed by atoms with van der Waals surface area (Å²) in [6.45, 7) is 3.11. The number of fused-ring (bicyclic) bond motifs is 1. The molecule has 0 bridgehead atoms. The minimum atomic E-state index is -1.96. The molecule has 2 aliphatic heterocycles. The number of rotatable bonds is 3. The SMILES string of the molecule is C[C@@]1(F)[C@H](O)[C@@H](CI)O[C@H]1n1cnc2c(N3CCCC3)nc(N)nc21. The Morgan fingerprint density at radius 3 is 2.80 bits per heavy atom. The maximum Gasteiger partial charge on any atom is 0.224 e. The van der Waals surface area contributed by atoms with E-state index in [1.165, 1.54) is 17.8 Å². The van der Waals surface area contributed by atoms with Crippen LogP contribution in [0, 0.1) is 0 Å². The van der Waals surface area contributed by atoms with Crippen LogP contribution in [0.4, 0.5) is 16.2 Å². The number of aliphatic hydroxyl groups is 1. The van der Waals surface area contributed by atoms with Gasteiger partial charge in [-0.15, -0.1) is 0 Å². The predicted octanol–water partition coefficient (Wildman–Crippen LogP) is 1.43. The molecule has 0 spiro atoms. The molecule has 2 fully saturated rings. The van der Waals surface area contributed by atoms with Crippen LogP contribution in [-0.2, 0) is 4.74 Å². The monoisotopic (exact) mass is 462 g/mol. The van der Waals surface area contributed by atoms with Gasteiger partial charge in [0.25, 0.3) is 0 Å². The van der Waals surface area contributed by atoms with E-state index in [4.69, 9.17) is 10.5 Å². The van der Waals surface area contributed by atoms with Crippen molar-refractivity contribution in [3.63, 3.8) is 0 Å². The van der Waals surface area contributed by atoms with Crippen LogP contribution in [0.5, 0.6) is 0 Å². The average molecular weight is 462 g/mol. The molecule has 4 atom stereocenters. The van der Waals surface area contributed by atoms with Crippen LogP contribution in [-0.4, -0.2) is 60.0 Å². The fraction of sp³-hybridized carbons (Fsp3) is 0.667. The zero-order valence-corrected chi connectivity index (χ0v) is 15.9. The van der Waals surface area contributed by atoms with Gasteiger partial charge < -0.3 is 20.5 Å². The average Bonchev–Trinajstić information content (AvgIpc) is 3.28. The lowest BCUT2D eigenvalue weighted by molar-refractivity contribution is -0.0413. The zero-order valence-electron chi connectivity index (χ0n) is 13.8. The van der Waals surface area contributed by atoms with Crippen LogP contribution < -0.4 is 10.6 Å². The van der Waals surface area contributed by atoms with Crippen molar-refractivity contribution < 1.29 is 14.2 Å². The van der Waals surface area contributed by atoms with Crippen molar-refractivity contribution in [1.29, 1.82) is 0 Å². The van der Waals surface area contributed by atoms with Crippen LogP contribution in [0.2, 0.25) is 0 Å². The summed E-state index contributed by atoms with van der Waals surface area (Å²) in [7, 11) is 0. The molecule has 0 unspecified atom stereocenters. The van der Waals surface area contributed by atoms with Crippen molar-refractivity contribution in [2.24, 2.45) is 0 Å². The first-order valence-corrected chi connectivity index (χ1v) is 9.79. The predicted molar refractivity (Wildman–Crippen MR) is 99.5 cm³/mol. The van der Waals surface area contributed by atoms with Gasteiger partial charge in [0.1, 0.15) is 6.10 Å². The number of nitrogens with zero attached hydrogens (tertiary/aromatic N) is 5. The highest BCUT2D eigenvalue weighted by atomic mass is 127. The van der Waals surface area contributed by atoms with E-state index in [-0.39, 0.29) is 5.95 Å². The van der Waals surface area contributed by atoms with Crippen LogP contribution in [0.3, 0.4) is 0 Å². The lowest BCUT2D eigenvalue weighted by Gasteiger charge is -2.24. The van der Waals surface area contributed by atoms with Gasteiger partial charge in [-0.05, 0) is 19.8 Å². The molecule has 2 saturated heterocycles. The summed E-state index contributed by atoms with van der Waals surface area (Å²) in [6.07, 6.45) is 0.837. The fourth-order valence-electron chi connectivity index (χ4n) is 3.58. The quantitative estimate of drug-likeness (QED) is 0.526. The molecule has 4 rings (SSSR count). The second-order valence-corrected chi connectivity index (χ2v) is 7.58. The molecular weight excluding hydrogens is 442 g/mol. The third-order valence-corrected chi connectivity index (χ3v) is 5.82. The third kappa shape index (κ3) is 2.65. The van der Waals surface area contributed by atoms with Crippen LogP contribution in [0.15, 0.2) is 6.33 Å². The fourth-order valence-corrected chi connectivity index (χ4v) is 4.27. The van der Waals surface area contributed by atoms with Gasteiger partial charge in [0.15, 0.2) is 28.9 Å². The first-order valence-electron chi connectivity index (χ1n) is 8.27. The number of nitrogen functional groups attached to an aromatic ring is 1. The van der Waals surface area contributed by atoms with Crippen LogP contribution in [0.25, 0.3) is 11.2 Å². The summed E-state index contributed by atoms with van der Waals surface area (Å²) in [5.41, 5.74) is 4.92. The Balaban J connectivity index is 1.81. The van der Waals surface area contributed by atoms with Gasteiger partial charge in [0.05, 0.1) is 12.4 Å². The standard InChI is InChI=1S/C15H20FIN6O2/c1-15(16)10(24)8(6-17)25-13(15)23-7-19-9-11(22-4-2-3-5-22)20-14(18)21-12(9)23/h7-8,10,13,24H,2-6H2,1H3,(H2,18,20,21)/t8-,10-,13-,15-/m1/s1. The Hall–Kier alpha value is -1.27. The van der Waals surface area contributed by atoms with Crippen LogP contribution in [0.1, 0.15) is 26.0 Å². The first kappa shape index (κ1) is 17.2. The summed E-state index contributed by atoms with van der Waals surface area (Å²) in [4.78, 5) is 15.1. The van der Waals surface area contributed by atoms with Crippen molar-refractivity contribution in [2.75, 3.05) is 28.2 Å². The highest BCUT2D eigenvalue weighted by Gasteiger charge is 2.55. The third-order valence-electron chi connectivity index (χ3n) is 4.95. The molecule has 2 aromatic heterocycles. The number of ether oxygens (including phenoxy) is 1. The number of aliphatic hydroxyl groups excluding tert-OH is 1. The van der Waals surface area contributed by atoms with E-state index in [1.807, 2.05) is 0 Å². The molecule has 2 aromatic rings. The number of anilines is 2. The number of aromatic nitrogens is 4. The van der Waals surface area contributed by atoms with E-state index in [9.17, 15) is 5.11 Å². The van der Waals surface area contributed by atoms with Gasteiger partial charge in [-0.25, -0.2) is 9.37 Å². The van der Waals surface area contributed by atoms with Crippen molar-refractivity contribution in [3.8, 4) is 0 Å². The highest BCUT2D eigenvalue weighted by Crippen LogP contribution is 2.43. The molecule has 4 heterocycles. The summed E-state index contributed by atoms with van der Waals surface area (Å²) in [5.74, 6) is 0.781. The number of alkyl halides is 2. The smallest absolute Gasteiger partial charge is 0.224 e. The topological polar surface area (TPSA) is 102 Å². The summed E-state index contributed by atoms with van der Waals surface area (Å²) >= 11 is 2.07. The van der Waals surface area contributed by atoms with E-state index in [1.54, 1.807) is 0 Å². The number of halogens is 2. The minimum absolute atomic E-state index is 0.112. The van der Waals surface area contributed by atoms with Gasteiger partial charge in [-0.1, -0.05) is 22.6 Å². The van der Waals surface area contributed by atoms with Crippen molar-refractivity contribution in [3.05, 3.63) is 6.33 Å². The Bertz CT molecular complexity index is 794. The minimum Gasteiger partial charge on any atom is -0.387 e. The van der Waals surface area contributed by atoms with Gasteiger partial charge >= 0.3 is 0 Å². The van der Waals surface area contributed by atoms with Crippen molar-refractivity contribution in [2.45, 2.75) is 43.9 Å². The first-order chi connectivity index (χ1) is 11.9. The molecule has 8 nitrogen and oxygen atoms in total. The Kier molecular flexibility index (Phi) is 4.23. The Labute approximate surface area is 157 Å². The second-order valence-electron chi connectivity index (χ2n) is 6.70. The normalized spacial score (nSPS) is 32.8. The molecule has 0 radical (unpaired) electrons. The molecule has 0 aromatic carbocycles. The summed E-state index contributed by atoms with van der Waals surface area (Å²) < 4.78 is 23.0. The van der Waals surface area contributed by atoms with Gasteiger partial charge in [0.2, 0.25) is 5.95 Å².